The zero-order valence-electron chi connectivity index (χ0n) is 12.0. The number of unbranched alkanes of at least 4 members (excludes halogenated alkanes) is 1. The number of carbonyl (C=O) groups is 1. The van der Waals surface area contributed by atoms with E-state index in [0.29, 0.717) is 18.5 Å². The summed E-state index contributed by atoms with van der Waals surface area (Å²) in [6, 6.07) is 0.871. The minimum atomic E-state index is 0.164. The molecule has 0 rings (SSSR count). The van der Waals surface area contributed by atoms with Crippen molar-refractivity contribution >= 4 is 5.91 Å². The van der Waals surface area contributed by atoms with Crippen molar-refractivity contribution in [1.29, 1.82) is 0 Å². The molecule has 3 heteroatoms. The molecule has 0 radical (unpaired) electrons. The number of nitrogens with one attached hydrogen (secondary N) is 2. The molecule has 0 heterocycles. The normalized spacial score (nSPS) is 14.4. The molecule has 1 amide bonds. The van der Waals surface area contributed by atoms with Crippen LogP contribution >= 0.6 is 0 Å². The van der Waals surface area contributed by atoms with Gasteiger partial charge >= 0.3 is 0 Å². The first-order valence-corrected chi connectivity index (χ1v) is 7.16. The van der Waals surface area contributed by atoms with Crippen LogP contribution in [0.3, 0.4) is 0 Å². The van der Waals surface area contributed by atoms with Crippen LogP contribution in [0.1, 0.15) is 66.2 Å². The SMILES string of the molecule is CCCCC(CC)NCCC(=O)NC(C)CC. The van der Waals surface area contributed by atoms with Crippen molar-refractivity contribution in [2.75, 3.05) is 6.54 Å². The average molecular weight is 242 g/mol. The molecule has 2 N–H and O–H groups in total. The standard InChI is InChI=1S/C14H30N2O/c1-5-8-9-13(7-3)15-11-10-14(17)16-12(4)6-2/h12-13,15H,5-11H2,1-4H3,(H,16,17). The summed E-state index contributed by atoms with van der Waals surface area (Å²) in [6.45, 7) is 9.34. The average Bonchev–Trinajstić information content (AvgIpc) is 2.33. The predicted octanol–water partition coefficient (Wildman–Crippen LogP) is 2.85. The van der Waals surface area contributed by atoms with E-state index in [1.807, 2.05) is 6.92 Å². The van der Waals surface area contributed by atoms with Gasteiger partial charge in [0.25, 0.3) is 0 Å². The Morgan fingerprint density at radius 2 is 1.88 bits per heavy atom. The van der Waals surface area contributed by atoms with Gasteiger partial charge in [-0.2, -0.15) is 0 Å². The second-order valence-corrected chi connectivity index (χ2v) is 4.83. The van der Waals surface area contributed by atoms with Crippen molar-refractivity contribution < 1.29 is 4.79 Å². The summed E-state index contributed by atoms with van der Waals surface area (Å²) in [5, 5.41) is 6.45. The van der Waals surface area contributed by atoms with Gasteiger partial charge in [-0.1, -0.05) is 33.6 Å². The minimum absolute atomic E-state index is 0.164. The number of hydrogen-bond donors (Lipinski definition) is 2. The first kappa shape index (κ1) is 16.4. The summed E-state index contributed by atoms with van der Waals surface area (Å²) >= 11 is 0. The summed E-state index contributed by atoms with van der Waals surface area (Å²) < 4.78 is 0. The van der Waals surface area contributed by atoms with Crippen LogP contribution in [0.25, 0.3) is 0 Å². The fraction of sp³-hybridized carbons (Fsp3) is 0.929. The zero-order chi connectivity index (χ0) is 13.1. The Bertz CT molecular complexity index is 195. The molecule has 0 saturated carbocycles. The van der Waals surface area contributed by atoms with Gasteiger partial charge in [-0.25, -0.2) is 0 Å². The summed E-state index contributed by atoms with van der Waals surface area (Å²) in [5.41, 5.74) is 0. The third-order valence-electron chi connectivity index (χ3n) is 3.20. The second kappa shape index (κ2) is 10.6. The molecule has 0 aromatic carbocycles. The Morgan fingerprint density at radius 3 is 2.41 bits per heavy atom. The Labute approximate surface area is 107 Å². The Morgan fingerprint density at radius 1 is 1.18 bits per heavy atom. The molecule has 0 bridgehead atoms. The smallest absolute Gasteiger partial charge is 0.221 e. The van der Waals surface area contributed by atoms with Crippen LogP contribution in [-0.2, 0) is 4.79 Å². The summed E-state index contributed by atoms with van der Waals surface area (Å²) in [6.07, 6.45) is 6.46. The van der Waals surface area contributed by atoms with E-state index in [0.717, 1.165) is 19.4 Å². The zero-order valence-corrected chi connectivity index (χ0v) is 12.0. The van der Waals surface area contributed by atoms with Crippen LogP contribution in [0.4, 0.5) is 0 Å². The Balaban J connectivity index is 3.62. The number of carbonyl (C=O) groups excluding carboxylic acids is 1. The molecule has 0 aliphatic heterocycles. The van der Waals surface area contributed by atoms with E-state index in [1.165, 1.54) is 19.3 Å². The summed E-state index contributed by atoms with van der Waals surface area (Å²) in [7, 11) is 0. The van der Waals surface area contributed by atoms with Gasteiger partial charge in [-0.15, -0.1) is 0 Å². The van der Waals surface area contributed by atoms with Crippen molar-refractivity contribution in [3.05, 3.63) is 0 Å². The van der Waals surface area contributed by atoms with E-state index in [-0.39, 0.29) is 5.91 Å². The molecule has 0 fully saturated rings. The first-order chi connectivity index (χ1) is 8.13. The van der Waals surface area contributed by atoms with Crippen molar-refractivity contribution in [3.8, 4) is 0 Å². The topological polar surface area (TPSA) is 41.1 Å². The van der Waals surface area contributed by atoms with Gasteiger partial charge in [0.1, 0.15) is 0 Å². The van der Waals surface area contributed by atoms with E-state index in [4.69, 9.17) is 0 Å². The molecule has 2 atom stereocenters. The molecule has 0 aromatic rings. The molecule has 0 aliphatic carbocycles. The lowest BCUT2D eigenvalue weighted by atomic mass is 10.1. The third-order valence-corrected chi connectivity index (χ3v) is 3.20. The highest BCUT2D eigenvalue weighted by Gasteiger charge is 2.07. The van der Waals surface area contributed by atoms with Gasteiger partial charge in [0.15, 0.2) is 0 Å². The quantitative estimate of drug-likeness (QED) is 0.618. The lowest BCUT2D eigenvalue weighted by molar-refractivity contribution is -0.121. The van der Waals surface area contributed by atoms with E-state index in [1.54, 1.807) is 0 Å². The molecule has 0 aliphatic rings. The molecule has 2 unspecified atom stereocenters. The largest absolute Gasteiger partial charge is 0.354 e. The maximum Gasteiger partial charge on any atom is 0.221 e. The molecular weight excluding hydrogens is 212 g/mol. The first-order valence-electron chi connectivity index (χ1n) is 7.16. The fourth-order valence-electron chi connectivity index (χ4n) is 1.74. The van der Waals surface area contributed by atoms with Gasteiger partial charge in [-0.05, 0) is 26.2 Å². The van der Waals surface area contributed by atoms with Crippen LogP contribution in [0.5, 0.6) is 0 Å². The highest BCUT2D eigenvalue weighted by atomic mass is 16.1. The molecule has 0 saturated heterocycles. The monoisotopic (exact) mass is 242 g/mol. The van der Waals surface area contributed by atoms with E-state index < -0.39 is 0 Å². The predicted molar refractivity (Wildman–Crippen MR) is 74.1 cm³/mol. The van der Waals surface area contributed by atoms with Crippen LogP contribution < -0.4 is 10.6 Å². The summed E-state index contributed by atoms with van der Waals surface area (Å²) in [4.78, 5) is 11.5. The lowest BCUT2D eigenvalue weighted by Gasteiger charge is -2.17. The molecular formula is C14H30N2O. The minimum Gasteiger partial charge on any atom is -0.354 e. The molecule has 17 heavy (non-hydrogen) atoms. The maximum absolute atomic E-state index is 11.5. The molecule has 0 aromatic heterocycles. The highest BCUT2D eigenvalue weighted by Crippen LogP contribution is 2.03. The van der Waals surface area contributed by atoms with Gasteiger partial charge in [0, 0.05) is 25.0 Å². The number of hydrogen-bond acceptors (Lipinski definition) is 2. The maximum atomic E-state index is 11.5. The van der Waals surface area contributed by atoms with Crippen molar-refractivity contribution in [3.63, 3.8) is 0 Å². The molecule has 102 valence electrons. The van der Waals surface area contributed by atoms with E-state index in [9.17, 15) is 4.79 Å². The van der Waals surface area contributed by atoms with Crippen molar-refractivity contribution in [1.82, 2.24) is 10.6 Å². The third kappa shape index (κ3) is 9.16. The van der Waals surface area contributed by atoms with Crippen LogP contribution in [0.15, 0.2) is 0 Å². The lowest BCUT2D eigenvalue weighted by Crippen LogP contribution is -2.36. The molecule has 0 spiro atoms. The highest BCUT2D eigenvalue weighted by molar-refractivity contribution is 5.76. The van der Waals surface area contributed by atoms with Gasteiger partial charge in [0.05, 0.1) is 0 Å². The van der Waals surface area contributed by atoms with Gasteiger partial charge < -0.3 is 10.6 Å². The number of rotatable bonds is 10. The second-order valence-electron chi connectivity index (χ2n) is 4.83. The Hall–Kier alpha value is -0.570. The van der Waals surface area contributed by atoms with Gasteiger partial charge in [0.2, 0.25) is 5.91 Å². The van der Waals surface area contributed by atoms with Crippen LogP contribution in [0.2, 0.25) is 0 Å². The van der Waals surface area contributed by atoms with Crippen molar-refractivity contribution in [2.45, 2.75) is 78.3 Å². The Kier molecular flexibility index (Phi) is 10.2. The van der Waals surface area contributed by atoms with Crippen LogP contribution in [-0.4, -0.2) is 24.5 Å². The fourth-order valence-corrected chi connectivity index (χ4v) is 1.74. The number of amides is 1. The van der Waals surface area contributed by atoms with E-state index >= 15 is 0 Å². The van der Waals surface area contributed by atoms with E-state index in [2.05, 4.69) is 31.4 Å². The summed E-state index contributed by atoms with van der Waals surface area (Å²) in [5.74, 6) is 0.164. The molecule has 3 nitrogen and oxygen atoms in total. The van der Waals surface area contributed by atoms with Crippen LogP contribution in [0, 0.1) is 0 Å². The van der Waals surface area contributed by atoms with Gasteiger partial charge in [-0.3, -0.25) is 4.79 Å². The van der Waals surface area contributed by atoms with Crippen molar-refractivity contribution in [2.24, 2.45) is 0 Å².